The number of nitrogens with one attached hydrogen (secondary N) is 1. The van der Waals surface area contributed by atoms with Crippen molar-refractivity contribution in [3.63, 3.8) is 0 Å². The van der Waals surface area contributed by atoms with Crippen LogP contribution in [0, 0.1) is 0 Å². The number of rotatable bonds is 10. The van der Waals surface area contributed by atoms with Crippen molar-refractivity contribution in [2.24, 2.45) is 9.98 Å². The van der Waals surface area contributed by atoms with Crippen molar-refractivity contribution >= 4 is 36.0 Å². The highest BCUT2D eigenvalue weighted by Crippen LogP contribution is 2.35. The molecule has 186 valence electrons. The average Bonchev–Trinajstić information content (AvgIpc) is 3.43. The molecule has 0 atom stereocenters. The molecule has 2 aliphatic rings. The highest BCUT2D eigenvalue weighted by atomic mass is 32.1. The van der Waals surface area contributed by atoms with E-state index < -0.39 is 0 Å². The molecular formula is C26H27N5O4S. The maximum atomic E-state index is 11.8. The predicted molar refractivity (Wildman–Crippen MR) is 142 cm³/mol. The van der Waals surface area contributed by atoms with Crippen molar-refractivity contribution in [2.45, 2.75) is 12.5 Å². The molecule has 10 heteroatoms. The van der Waals surface area contributed by atoms with Crippen molar-refractivity contribution in [1.82, 2.24) is 9.88 Å². The van der Waals surface area contributed by atoms with Crippen molar-refractivity contribution in [3.05, 3.63) is 77.6 Å². The van der Waals surface area contributed by atoms with E-state index in [4.69, 9.17) is 14.2 Å². The summed E-state index contributed by atoms with van der Waals surface area (Å²) in [5, 5.41) is 3.39. The molecular weight excluding hydrogens is 478 g/mol. The fraction of sp³-hybridized carbons (Fsp3) is 0.231. The Bertz CT molecular complexity index is 1260. The lowest BCUT2D eigenvalue weighted by Crippen LogP contribution is -2.54. The second-order valence-electron chi connectivity index (χ2n) is 7.88. The van der Waals surface area contributed by atoms with E-state index in [1.165, 1.54) is 12.4 Å². The molecule has 9 nitrogen and oxygen atoms in total. The lowest BCUT2D eigenvalue weighted by Gasteiger charge is -2.39. The summed E-state index contributed by atoms with van der Waals surface area (Å²) < 4.78 is 17.3. The highest BCUT2D eigenvalue weighted by molar-refractivity contribution is 7.13. The molecule has 2 aromatic rings. The molecule has 0 saturated carbocycles. The summed E-state index contributed by atoms with van der Waals surface area (Å²) >= 11 is 1.56. The summed E-state index contributed by atoms with van der Waals surface area (Å²) in [5.74, 6) is 2.31. The topological polar surface area (TPSA) is 97.6 Å². The number of ether oxygens (including phenoxy) is 3. The third-order valence-corrected chi connectivity index (χ3v) is 6.47. The van der Waals surface area contributed by atoms with E-state index in [1.807, 2.05) is 36.5 Å². The third-order valence-electron chi connectivity index (χ3n) is 5.65. The van der Waals surface area contributed by atoms with Crippen LogP contribution < -0.4 is 10.1 Å². The number of benzene rings is 1. The molecule has 1 fully saturated rings. The Morgan fingerprint density at radius 2 is 2.11 bits per heavy atom. The number of hydrogen-bond donors (Lipinski definition) is 1. The second-order valence-corrected chi connectivity index (χ2v) is 8.77. The zero-order valence-electron chi connectivity index (χ0n) is 20.1. The maximum absolute atomic E-state index is 11.8. The maximum Gasteiger partial charge on any atom is 0.246 e. The minimum absolute atomic E-state index is 0.108. The van der Waals surface area contributed by atoms with Crippen molar-refractivity contribution < 1.29 is 19.0 Å². The van der Waals surface area contributed by atoms with Gasteiger partial charge >= 0.3 is 0 Å². The lowest BCUT2D eigenvalue weighted by atomic mass is 10.0. The molecule has 36 heavy (non-hydrogen) atoms. The van der Waals surface area contributed by atoms with Crippen LogP contribution in [0.1, 0.15) is 6.42 Å². The van der Waals surface area contributed by atoms with Crippen LogP contribution >= 0.6 is 11.3 Å². The van der Waals surface area contributed by atoms with E-state index in [0.29, 0.717) is 42.6 Å². The van der Waals surface area contributed by atoms with Gasteiger partial charge in [-0.15, -0.1) is 11.3 Å². The summed E-state index contributed by atoms with van der Waals surface area (Å²) in [7, 11) is 3.22. The first-order valence-electron chi connectivity index (χ1n) is 11.2. The van der Waals surface area contributed by atoms with E-state index in [2.05, 4.69) is 33.6 Å². The number of anilines is 1. The SMILES string of the molecule is C=CC(=O)N1CC(OC2=C/C(=C(/N=CN=C)Nc3cc(-c4cncs4)ccc3OC)CC=C2OC)C1. The van der Waals surface area contributed by atoms with Crippen molar-refractivity contribution in [2.75, 3.05) is 32.6 Å². The molecule has 1 N–H and O–H groups in total. The van der Waals surface area contributed by atoms with Gasteiger partial charge in [-0.05, 0) is 55.1 Å². The number of allylic oxidation sites excluding steroid dienone is 3. The van der Waals surface area contributed by atoms with Crippen LogP contribution in [0.3, 0.4) is 0 Å². The Balaban J connectivity index is 1.64. The van der Waals surface area contributed by atoms with Crippen LogP contribution in [0.2, 0.25) is 0 Å². The Morgan fingerprint density at radius 1 is 1.28 bits per heavy atom. The molecule has 0 radical (unpaired) electrons. The number of nitrogens with zero attached hydrogens (tertiary/aromatic N) is 4. The summed E-state index contributed by atoms with van der Waals surface area (Å²) in [6.45, 7) is 8.01. The second kappa shape index (κ2) is 11.5. The van der Waals surface area contributed by atoms with Crippen LogP contribution in [-0.4, -0.2) is 62.3 Å². The number of carbonyl (C=O) groups excluding carboxylic acids is 1. The number of thiazole rings is 1. The third kappa shape index (κ3) is 5.55. The van der Waals surface area contributed by atoms with Crippen LogP contribution in [0.5, 0.6) is 5.75 Å². The first kappa shape index (κ1) is 24.9. The van der Waals surface area contributed by atoms with Gasteiger partial charge in [-0.1, -0.05) is 6.58 Å². The number of methoxy groups -OCH3 is 2. The summed E-state index contributed by atoms with van der Waals surface area (Å²) in [6, 6.07) is 5.87. The molecule has 1 saturated heterocycles. The van der Waals surface area contributed by atoms with Crippen LogP contribution in [0.15, 0.2) is 87.6 Å². The fourth-order valence-corrected chi connectivity index (χ4v) is 4.39. The molecule has 1 aliphatic heterocycles. The van der Waals surface area contributed by atoms with Gasteiger partial charge in [-0.3, -0.25) is 14.8 Å². The molecule has 2 heterocycles. The van der Waals surface area contributed by atoms with Gasteiger partial charge < -0.3 is 24.4 Å². The van der Waals surface area contributed by atoms with Gasteiger partial charge in [0, 0.05) is 11.8 Å². The molecule has 0 unspecified atom stereocenters. The standard InChI is InChI=1S/C26H27N5O4S/c1-5-25(32)31-13-19(14-31)35-23-11-18(7-9-22(23)34-4)26(29-15-27-2)30-20-10-17(6-8-21(20)33-3)24-12-28-16-36-24/h5-6,8-12,15-16,19,30H,1-2,7,13-14H2,3-4H3/b26-18-,29-15?. The quantitative estimate of drug-likeness (QED) is 0.292. The zero-order chi connectivity index (χ0) is 25.5. The monoisotopic (exact) mass is 505 g/mol. The van der Waals surface area contributed by atoms with Gasteiger partial charge in [0.25, 0.3) is 0 Å². The fourth-order valence-electron chi connectivity index (χ4n) is 3.77. The Hall–Kier alpha value is -4.18. The van der Waals surface area contributed by atoms with Gasteiger partial charge in [0.15, 0.2) is 11.5 Å². The first-order chi connectivity index (χ1) is 17.6. The molecule has 1 amide bonds. The Morgan fingerprint density at radius 3 is 2.78 bits per heavy atom. The molecule has 0 bridgehead atoms. The minimum atomic E-state index is -0.135. The molecule has 1 aromatic heterocycles. The number of amides is 1. The van der Waals surface area contributed by atoms with E-state index >= 15 is 0 Å². The largest absolute Gasteiger partial charge is 0.495 e. The Labute approximate surface area is 213 Å². The molecule has 4 rings (SSSR count). The summed E-state index contributed by atoms with van der Waals surface area (Å²) in [5.41, 5.74) is 4.39. The lowest BCUT2D eigenvalue weighted by molar-refractivity contribution is -0.136. The number of likely N-dealkylation sites (tertiary alicyclic amines) is 1. The van der Waals surface area contributed by atoms with Crippen LogP contribution in [0.4, 0.5) is 5.69 Å². The highest BCUT2D eigenvalue weighted by Gasteiger charge is 2.32. The van der Waals surface area contributed by atoms with Gasteiger partial charge in [0.1, 0.15) is 24.0 Å². The summed E-state index contributed by atoms with van der Waals surface area (Å²) in [4.78, 5) is 26.9. The van der Waals surface area contributed by atoms with Gasteiger partial charge in [0.05, 0.1) is 43.4 Å². The number of carbonyl (C=O) groups is 1. The molecule has 1 aliphatic carbocycles. The van der Waals surface area contributed by atoms with E-state index in [9.17, 15) is 4.79 Å². The average molecular weight is 506 g/mol. The first-order valence-corrected chi connectivity index (χ1v) is 12.0. The molecule has 0 spiro atoms. The van der Waals surface area contributed by atoms with Crippen LogP contribution in [-0.2, 0) is 14.3 Å². The Kier molecular flexibility index (Phi) is 7.96. The number of hydrogen-bond acceptors (Lipinski definition) is 8. The normalized spacial score (nSPS) is 17.0. The van der Waals surface area contributed by atoms with E-state index in [0.717, 1.165) is 21.7 Å². The van der Waals surface area contributed by atoms with Gasteiger partial charge in [-0.25, -0.2) is 4.99 Å². The van der Waals surface area contributed by atoms with Crippen molar-refractivity contribution in [1.29, 1.82) is 0 Å². The predicted octanol–water partition coefficient (Wildman–Crippen LogP) is 4.40. The molecule has 1 aromatic carbocycles. The van der Waals surface area contributed by atoms with E-state index in [-0.39, 0.29) is 12.0 Å². The van der Waals surface area contributed by atoms with Crippen LogP contribution in [0.25, 0.3) is 10.4 Å². The summed E-state index contributed by atoms with van der Waals surface area (Å²) in [6.07, 6.45) is 8.74. The van der Waals surface area contributed by atoms with Crippen molar-refractivity contribution in [3.8, 4) is 16.2 Å². The minimum Gasteiger partial charge on any atom is -0.495 e. The smallest absolute Gasteiger partial charge is 0.246 e. The van der Waals surface area contributed by atoms with E-state index in [1.54, 1.807) is 36.0 Å². The van der Waals surface area contributed by atoms with Gasteiger partial charge in [0.2, 0.25) is 5.91 Å². The number of aliphatic imine (C=N–C) groups is 2. The zero-order valence-corrected chi connectivity index (χ0v) is 21.0. The van der Waals surface area contributed by atoms with Gasteiger partial charge in [-0.2, -0.15) is 0 Å². The number of aromatic nitrogens is 1.